The molecule has 1 aliphatic rings. The summed E-state index contributed by atoms with van der Waals surface area (Å²) in [6.45, 7) is 6.46. The van der Waals surface area contributed by atoms with Crippen LogP contribution in [0.25, 0.3) is 0 Å². The van der Waals surface area contributed by atoms with Crippen LogP contribution in [0.1, 0.15) is 30.6 Å². The lowest BCUT2D eigenvalue weighted by atomic mass is 10.1. The summed E-state index contributed by atoms with van der Waals surface area (Å²) < 4.78 is 5.01. The Labute approximate surface area is 108 Å². The van der Waals surface area contributed by atoms with Crippen molar-refractivity contribution in [1.29, 1.82) is 0 Å². The van der Waals surface area contributed by atoms with Crippen molar-refractivity contribution in [3.63, 3.8) is 0 Å². The Morgan fingerprint density at radius 1 is 1.56 bits per heavy atom. The lowest BCUT2D eigenvalue weighted by Gasteiger charge is -2.19. The lowest BCUT2D eigenvalue weighted by molar-refractivity contribution is 0.0527. The predicted octanol–water partition coefficient (Wildman–Crippen LogP) is 2.29. The molecule has 0 saturated carbocycles. The first-order chi connectivity index (χ1) is 8.61. The molecule has 1 atom stereocenters. The Kier molecular flexibility index (Phi) is 3.75. The van der Waals surface area contributed by atoms with Crippen LogP contribution in [-0.4, -0.2) is 25.7 Å². The van der Waals surface area contributed by atoms with E-state index in [1.807, 2.05) is 12.1 Å². The van der Waals surface area contributed by atoms with Crippen molar-refractivity contribution in [1.82, 2.24) is 0 Å². The minimum Gasteiger partial charge on any atom is -0.462 e. The highest BCUT2D eigenvalue weighted by Crippen LogP contribution is 2.27. The molecule has 1 aromatic rings. The second kappa shape index (κ2) is 5.29. The van der Waals surface area contributed by atoms with Gasteiger partial charge in [0.05, 0.1) is 12.2 Å². The number of nitrogen functional groups attached to an aromatic ring is 1. The highest BCUT2D eigenvalue weighted by Gasteiger charge is 2.20. The highest BCUT2D eigenvalue weighted by atomic mass is 16.5. The number of benzene rings is 1. The molecule has 1 saturated heterocycles. The fraction of sp³-hybridized carbons (Fsp3) is 0.500. The summed E-state index contributed by atoms with van der Waals surface area (Å²) >= 11 is 0. The van der Waals surface area contributed by atoms with Gasteiger partial charge in [-0.15, -0.1) is 0 Å². The first-order valence-corrected chi connectivity index (χ1v) is 6.43. The summed E-state index contributed by atoms with van der Waals surface area (Å²) in [6, 6.07) is 5.59. The van der Waals surface area contributed by atoms with Crippen molar-refractivity contribution in [2.45, 2.75) is 20.3 Å². The molecule has 0 spiro atoms. The van der Waals surface area contributed by atoms with Gasteiger partial charge in [-0.3, -0.25) is 0 Å². The number of anilines is 2. The van der Waals surface area contributed by atoms with Crippen LogP contribution in [0.4, 0.5) is 11.4 Å². The van der Waals surface area contributed by atoms with E-state index in [-0.39, 0.29) is 5.97 Å². The van der Waals surface area contributed by atoms with Gasteiger partial charge in [-0.25, -0.2) is 4.79 Å². The molecule has 98 valence electrons. The third-order valence-corrected chi connectivity index (χ3v) is 3.32. The Hall–Kier alpha value is -1.71. The number of hydrogen-bond donors (Lipinski definition) is 1. The number of esters is 1. The summed E-state index contributed by atoms with van der Waals surface area (Å²) in [5.41, 5.74) is 7.82. The molecule has 2 N–H and O–H groups in total. The molecule has 18 heavy (non-hydrogen) atoms. The van der Waals surface area contributed by atoms with Crippen LogP contribution in [-0.2, 0) is 4.74 Å². The number of hydrogen-bond acceptors (Lipinski definition) is 4. The number of nitrogens with zero attached hydrogens (tertiary/aromatic N) is 1. The van der Waals surface area contributed by atoms with E-state index in [1.165, 1.54) is 6.42 Å². The van der Waals surface area contributed by atoms with Gasteiger partial charge in [0.1, 0.15) is 0 Å². The zero-order valence-corrected chi connectivity index (χ0v) is 11.0. The van der Waals surface area contributed by atoms with Crippen molar-refractivity contribution < 1.29 is 9.53 Å². The van der Waals surface area contributed by atoms with E-state index < -0.39 is 0 Å². The van der Waals surface area contributed by atoms with Crippen LogP contribution < -0.4 is 10.6 Å². The van der Waals surface area contributed by atoms with Crippen molar-refractivity contribution >= 4 is 17.3 Å². The normalized spacial score (nSPS) is 19.0. The standard InChI is InChI=1S/C14H20N2O2/c1-3-18-14(17)12-8-11(4-5-13(12)15)16-7-6-10(2)9-16/h4-5,8,10H,3,6-7,9,15H2,1-2H3. The molecule has 1 heterocycles. The molecule has 4 nitrogen and oxygen atoms in total. The Morgan fingerprint density at radius 2 is 2.33 bits per heavy atom. The van der Waals surface area contributed by atoms with Gasteiger partial charge in [0.15, 0.2) is 0 Å². The maximum atomic E-state index is 11.8. The third-order valence-electron chi connectivity index (χ3n) is 3.32. The molecule has 0 amide bonds. The smallest absolute Gasteiger partial charge is 0.340 e. The van der Waals surface area contributed by atoms with Gasteiger partial charge in [-0.2, -0.15) is 0 Å². The molecule has 2 rings (SSSR count). The predicted molar refractivity (Wildman–Crippen MR) is 72.8 cm³/mol. The molecule has 0 aliphatic carbocycles. The van der Waals surface area contributed by atoms with E-state index in [0.717, 1.165) is 18.8 Å². The SMILES string of the molecule is CCOC(=O)c1cc(N2CCC(C)C2)ccc1N. The maximum Gasteiger partial charge on any atom is 0.340 e. The Balaban J connectivity index is 2.23. The van der Waals surface area contributed by atoms with E-state index in [0.29, 0.717) is 23.8 Å². The molecule has 1 fully saturated rings. The number of carbonyl (C=O) groups is 1. The lowest BCUT2D eigenvalue weighted by Crippen LogP contribution is -2.20. The first kappa shape index (κ1) is 12.7. The molecular formula is C14H20N2O2. The quantitative estimate of drug-likeness (QED) is 0.658. The second-order valence-electron chi connectivity index (χ2n) is 4.83. The number of carbonyl (C=O) groups excluding carboxylic acids is 1. The summed E-state index contributed by atoms with van der Waals surface area (Å²) in [4.78, 5) is 14.1. The van der Waals surface area contributed by atoms with E-state index >= 15 is 0 Å². The van der Waals surface area contributed by atoms with Crippen LogP contribution in [0.15, 0.2) is 18.2 Å². The van der Waals surface area contributed by atoms with Gasteiger partial charge in [0, 0.05) is 24.5 Å². The van der Waals surface area contributed by atoms with Crippen LogP contribution in [0.2, 0.25) is 0 Å². The fourth-order valence-corrected chi connectivity index (χ4v) is 2.30. The summed E-state index contributed by atoms with van der Waals surface area (Å²) in [6.07, 6.45) is 1.19. The molecule has 1 aromatic carbocycles. The fourth-order valence-electron chi connectivity index (χ4n) is 2.30. The molecule has 1 aliphatic heterocycles. The van der Waals surface area contributed by atoms with Crippen molar-refractivity contribution in [3.05, 3.63) is 23.8 Å². The summed E-state index contributed by atoms with van der Waals surface area (Å²) in [5, 5.41) is 0. The van der Waals surface area contributed by atoms with Gasteiger partial charge in [0.25, 0.3) is 0 Å². The average Bonchev–Trinajstić information content (AvgIpc) is 2.77. The van der Waals surface area contributed by atoms with Gasteiger partial charge >= 0.3 is 5.97 Å². The first-order valence-electron chi connectivity index (χ1n) is 6.43. The zero-order chi connectivity index (χ0) is 13.1. The Bertz CT molecular complexity index is 445. The van der Waals surface area contributed by atoms with E-state index in [4.69, 9.17) is 10.5 Å². The van der Waals surface area contributed by atoms with Gasteiger partial charge in [-0.05, 0) is 37.5 Å². The monoisotopic (exact) mass is 248 g/mol. The van der Waals surface area contributed by atoms with Crippen molar-refractivity contribution in [3.8, 4) is 0 Å². The molecule has 1 unspecified atom stereocenters. The molecule has 0 aromatic heterocycles. The second-order valence-corrected chi connectivity index (χ2v) is 4.83. The topological polar surface area (TPSA) is 55.6 Å². The van der Waals surface area contributed by atoms with Crippen LogP contribution in [0.5, 0.6) is 0 Å². The minimum absolute atomic E-state index is 0.343. The zero-order valence-electron chi connectivity index (χ0n) is 11.0. The van der Waals surface area contributed by atoms with E-state index in [1.54, 1.807) is 13.0 Å². The number of rotatable bonds is 3. The molecule has 4 heteroatoms. The molecule has 0 bridgehead atoms. The van der Waals surface area contributed by atoms with Gasteiger partial charge < -0.3 is 15.4 Å². The average molecular weight is 248 g/mol. The minimum atomic E-state index is -0.343. The maximum absolute atomic E-state index is 11.8. The third kappa shape index (κ3) is 2.58. The number of ether oxygens (including phenoxy) is 1. The summed E-state index contributed by atoms with van der Waals surface area (Å²) in [5.74, 6) is 0.359. The molecular weight excluding hydrogens is 228 g/mol. The Morgan fingerprint density at radius 3 is 2.94 bits per heavy atom. The van der Waals surface area contributed by atoms with Crippen LogP contribution >= 0.6 is 0 Å². The van der Waals surface area contributed by atoms with Crippen LogP contribution in [0, 0.1) is 5.92 Å². The largest absolute Gasteiger partial charge is 0.462 e. The summed E-state index contributed by atoms with van der Waals surface area (Å²) in [7, 11) is 0. The van der Waals surface area contributed by atoms with E-state index in [9.17, 15) is 4.79 Å². The highest BCUT2D eigenvalue weighted by molar-refractivity contribution is 5.96. The van der Waals surface area contributed by atoms with Gasteiger partial charge in [-0.1, -0.05) is 6.92 Å². The molecule has 0 radical (unpaired) electrons. The van der Waals surface area contributed by atoms with Crippen LogP contribution in [0.3, 0.4) is 0 Å². The van der Waals surface area contributed by atoms with Crippen molar-refractivity contribution in [2.75, 3.05) is 30.3 Å². The van der Waals surface area contributed by atoms with Gasteiger partial charge in [0.2, 0.25) is 0 Å². The number of nitrogens with two attached hydrogens (primary N) is 1. The van der Waals surface area contributed by atoms with Crippen molar-refractivity contribution in [2.24, 2.45) is 5.92 Å². The van der Waals surface area contributed by atoms with E-state index in [2.05, 4.69) is 11.8 Å².